The third kappa shape index (κ3) is 6.17. The lowest BCUT2D eigenvalue weighted by Gasteiger charge is -2.19. The Morgan fingerprint density at radius 2 is 1.68 bits per heavy atom. The van der Waals surface area contributed by atoms with E-state index in [1.165, 1.54) is 18.7 Å². The Bertz CT molecular complexity index is 1110. The first kappa shape index (κ1) is 25.3. The summed E-state index contributed by atoms with van der Waals surface area (Å²) in [6.45, 7) is 7.82. The van der Waals surface area contributed by atoms with Crippen LogP contribution in [0.1, 0.15) is 27.7 Å². The van der Waals surface area contributed by atoms with Crippen molar-refractivity contribution in [1.82, 2.24) is 20.1 Å². The van der Waals surface area contributed by atoms with Crippen LogP contribution in [0.15, 0.2) is 53.7 Å². The summed E-state index contributed by atoms with van der Waals surface area (Å²) in [5, 5.41) is 12.1. The fourth-order valence-electron chi connectivity index (χ4n) is 3.46. The second-order valence-electron chi connectivity index (χ2n) is 7.99. The number of ether oxygens (including phenoxy) is 2. The third-order valence-corrected chi connectivity index (χ3v) is 6.07. The second-order valence-corrected chi connectivity index (χ2v) is 8.93. The molecule has 8 nitrogen and oxygen atoms in total. The molecule has 0 bridgehead atoms. The average molecular weight is 483 g/mol. The van der Waals surface area contributed by atoms with Crippen molar-refractivity contribution < 1.29 is 19.1 Å². The molecule has 0 saturated heterocycles. The highest BCUT2D eigenvalue weighted by atomic mass is 32.2. The Hall–Kier alpha value is -3.33. The minimum Gasteiger partial charge on any atom is -0.497 e. The number of nitrogens with one attached hydrogen (secondary N) is 1. The highest BCUT2D eigenvalue weighted by Gasteiger charge is 2.22. The Balaban J connectivity index is 1.90. The van der Waals surface area contributed by atoms with Crippen molar-refractivity contribution in [3.05, 3.63) is 48.5 Å². The first-order chi connectivity index (χ1) is 16.3. The SMILES string of the molecule is CCOc1ccc(-n2c(SCC(=O)NC(C(C)=O)C(C)C)nnc2-c2ccc(OC)cc2)cc1. The van der Waals surface area contributed by atoms with Gasteiger partial charge in [-0.3, -0.25) is 14.2 Å². The van der Waals surface area contributed by atoms with Crippen molar-refractivity contribution in [1.29, 1.82) is 0 Å². The van der Waals surface area contributed by atoms with Crippen molar-refractivity contribution in [3.63, 3.8) is 0 Å². The zero-order chi connectivity index (χ0) is 24.7. The molecule has 3 aromatic rings. The number of carbonyl (C=O) groups excluding carboxylic acids is 2. The summed E-state index contributed by atoms with van der Waals surface area (Å²) in [6.07, 6.45) is 0. The molecule has 1 atom stereocenters. The monoisotopic (exact) mass is 482 g/mol. The molecule has 1 aromatic heterocycles. The minimum absolute atomic E-state index is 0.0145. The van der Waals surface area contributed by atoms with Gasteiger partial charge in [-0.05, 0) is 68.3 Å². The summed E-state index contributed by atoms with van der Waals surface area (Å²) in [7, 11) is 1.62. The van der Waals surface area contributed by atoms with Gasteiger partial charge in [-0.1, -0.05) is 25.6 Å². The van der Waals surface area contributed by atoms with Gasteiger partial charge < -0.3 is 14.8 Å². The lowest BCUT2D eigenvalue weighted by atomic mass is 10.0. The van der Waals surface area contributed by atoms with E-state index < -0.39 is 6.04 Å². The number of benzene rings is 2. The Labute approximate surface area is 204 Å². The molecule has 0 aliphatic heterocycles. The van der Waals surface area contributed by atoms with Crippen molar-refractivity contribution >= 4 is 23.5 Å². The lowest BCUT2D eigenvalue weighted by molar-refractivity contribution is -0.126. The molecular formula is C25H30N4O4S. The van der Waals surface area contributed by atoms with E-state index >= 15 is 0 Å². The van der Waals surface area contributed by atoms with E-state index in [-0.39, 0.29) is 23.4 Å². The van der Waals surface area contributed by atoms with E-state index in [4.69, 9.17) is 9.47 Å². The van der Waals surface area contributed by atoms with Crippen molar-refractivity contribution in [2.24, 2.45) is 5.92 Å². The molecule has 1 heterocycles. The highest BCUT2D eigenvalue weighted by Crippen LogP contribution is 2.30. The van der Waals surface area contributed by atoms with Gasteiger partial charge in [0.1, 0.15) is 11.5 Å². The number of Topliss-reactive ketones (excluding diaryl/α,β-unsaturated/α-hetero) is 1. The van der Waals surface area contributed by atoms with Crippen LogP contribution in [0, 0.1) is 5.92 Å². The topological polar surface area (TPSA) is 95.3 Å². The largest absolute Gasteiger partial charge is 0.497 e. The molecule has 0 saturated carbocycles. The molecule has 3 rings (SSSR count). The van der Waals surface area contributed by atoms with Gasteiger partial charge in [0, 0.05) is 11.3 Å². The molecule has 0 radical (unpaired) electrons. The molecule has 1 unspecified atom stereocenters. The third-order valence-electron chi connectivity index (χ3n) is 5.14. The number of ketones is 1. The van der Waals surface area contributed by atoms with Crippen LogP contribution < -0.4 is 14.8 Å². The first-order valence-electron chi connectivity index (χ1n) is 11.1. The number of aromatic nitrogens is 3. The zero-order valence-corrected chi connectivity index (χ0v) is 20.9. The van der Waals surface area contributed by atoms with Gasteiger partial charge in [0.25, 0.3) is 0 Å². The van der Waals surface area contributed by atoms with Crippen molar-refractivity contribution in [2.75, 3.05) is 19.5 Å². The van der Waals surface area contributed by atoms with Crippen LogP contribution in [0.25, 0.3) is 17.1 Å². The van der Waals surface area contributed by atoms with Gasteiger partial charge in [0.2, 0.25) is 5.91 Å². The molecule has 0 spiro atoms. The molecule has 0 aliphatic carbocycles. The Morgan fingerprint density at radius 3 is 2.24 bits per heavy atom. The van der Waals surface area contributed by atoms with Gasteiger partial charge in [-0.15, -0.1) is 10.2 Å². The summed E-state index contributed by atoms with van der Waals surface area (Å²) in [5.74, 6) is 1.97. The van der Waals surface area contributed by atoms with Crippen LogP contribution in [-0.4, -0.2) is 52.0 Å². The van der Waals surface area contributed by atoms with Crippen LogP contribution in [0.5, 0.6) is 11.5 Å². The van der Waals surface area contributed by atoms with Crippen LogP contribution >= 0.6 is 11.8 Å². The van der Waals surface area contributed by atoms with E-state index in [1.54, 1.807) is 7.11 Å². The number of nitrogens with zero attached hydrogens (tertiary/aromatic N) is 3. The van der Waals surface area contributed by atoms with Crippen molar-refractivity contribution in [3.8, 4) is 28.6 Å². The van der Waals surface area contributed by atoms with Gasteiger partial charge in [-0.2, -0.15) is 0 Å². The lowest BCUT2D eigenvalue weighted by Crippen LogP contribution is -2.44. The maximum absolute atomic E-state index is 12.6. The number of thioether (sulfide) groups is 1. The predicted octanol–water partition coefficient (Wildman–Crippen LogP) is 4.16. The summed E-state index contributed by atoms with van der Waals surface area (Å²) in [4.78, 5) is 24.4. The number of hydrogen-bond acceptors (Lipinski definition) is 7. The number of amides is 1. The Kier molecular flexibility index (Phi) is 8.70. The van der Waals surface area contributed by atoms with E-state index in [9.17, 15) is 9.59 Å². The van der Waals surface area contributed by atoms with E-state index in [2.05, 4.69) is 15.5 Å². The smallest absolute Gasteiger partial charge is 0.231 e. The van der Waals surface area contributed by atoms with Crippen LogP contribution in [0.3, 0.4) is 0 Å². The fraction of sp³-hybridized carbons (Fsp3) is 0.360. The minimum atomic E-state index is -0.507. The van der Waals surface area contributed by atoms with Crippen LogP contribution in [0.2, 0.25) is 0 Å². The van der Waals surface area contributed by atoms with E-state index in [1.807, 2.05) is 73.9 Å². The summed E-state index contributed by atoms with van der Waals surface area (Å²) < 4.78 is 12.7. The number of hydrogen-bond donors (Lipinski definition) is 1. The molecule has 0 aliphatic rings. The predicted molar refractivity (Wildman–Crippen MR) is 133 cm³/mol. The fourth-order valence-corrected chi connectivity index (χ4v) is 4.23. The van der Waals surface area contributed by atoms with Crippen molar-refractivity contribution in [2.45, 2.75) is 38.9 Å². The molecule has 1 N–H and O–H groups in total. The summed E-state index contributed by atoms with van der Waals surface area (Å²) in [5.41, 5.74) is 1.70. The standard InChI is InChI=1S/C25H30N4O4S/c1-6-33-21-13-9-19(10-14-21)29-24(18-7-11-20(32-5)12-8-18)27-28-25(29)34-15-22(31)26-23(16(2)3)17(4)30/h7-14,16,23H,6,15H2,1-5H3,(H,26,31). The van der Waals surface area contributed by atoms with Gasteiger partial charge in [0.05, 0.1) is 25.5 Å². The number of methoxy groups -OCH3 is 1. The molecule has 180 valence electrons. The number of carbonyl (C=O) groups is 2. The summed E-state index contributed by atoms with van der Waals surface area (Å²) >= 11 is 1.26. The first-order valence-corrected chi connectivity index (χ1v) is 12.1. The van der Waals surface area contributed by atoms with Gasteiger partial charge >= 0.3 is 0 Å². The maximum atomic E-state index is 12.6. The van der Waals surface area contributed by atoms with Gasteiger partial charge in [-0.25, -0.2) is 0 Å². The molecular weight excluding hydrogens is 452 g/mol. The Morgan fingerprint density at radius 1 is 1.03 bits per heavy atom. The number of rotatable bonds is 11. The second kappa shape index (κ2) is 11.7. The molecule has 34 heavy (non-hydrogen) atoms. The van der Waals surface area contributed by atoms with Crippen LogP contribution in [-0.2, 0) is 9.59 Å². The molecule has 9 heteroatoms. The highest BCUT2D eigenvalue weighted by molar-refractivity contribution is 7.99. The average Bonchev–Trinajstić information content (AvgIpc) is 3.25. The maximum Gasteiger partial charge on any atom is 0.231 e. The van der Waals surface area contributed by atoms with Gasteiger partial charge in [0.15, 0.2) is 16.8 Å². The quantitative estimate of drug-likeness (QED) is 0.410. The molecule has 2 aromatic carbocycles. The molecule has 1 amide bonds. The van der Waals surface area contributed by atoms with E-state index in [0.29, 0.717) is 17.6 Å². The summed E-state index contributed by atoms with van der Waals surface area (Å²) in [6, 6.07) is 14.7. The zero-order valence-electron chi connectivity index (χ0n) is 20.1. The molecule has 0 fully saturated rings. The van der Waals surface area contributed by atoms with Crippen LogP contribution in [0.4, 0.5) is 0 Å². The van der Waals surface area contributed by atoms with E-state index in [0.717, 1.165) is 22.7 Å². The normalized spacial score (nSPS) is 11.8.